The van der Waals surface area contributed by atoms with Crippen LogP contribution in [0.15, 0.2) is 75.9 Å². The number of H-pyrrole nitrogens is 1. The monoisotopic (exact) mass is 407 g/mol. The highest BCUT2D eigenvalue weighted by Crippen LogP contribution is 2.27. The average molecular weight is 407 g/mol. The van der Waals surface area contributed by atoms with Crippen molar-refractivity contribution in [2.75, 3.05) is 6.54 Å². The van der Waals surface area contributed by atoms with Gasteiger partial charge in [-0.15, -0.1) is 11.3 Å². The lowest BCUT2D eigenvalue weighted by atomic mass is 10.2. The number of thiophene rings is 1. The Labute approximate surface area is 171 Å². The van der Waals surface area contributed by atoms with Gasteiger partial charge in [0.15, 0.2) is 0 Å². The number of hydrogen-bond donors (Lipinski definition) is 2. The molecule has 8 heteroatoms. The Morgan fingerprint density at radius 3 is 2.69 bits per heavy atom. The highest BCUT2D eigenvalue weighted by Gasteiger charge is 2.12. The molecule has 3 heterocycles. The lowest BCUT2D eigenvalue weighted by Crippen LogP contribution is -2.29. The van der Waals surface area contributed by atoms with E-state index in [0.29, 0.717) is 13.1 Å². The number of aromatic nitrogens is 4. The molecule has 0 fully saturated rings. The molecule has 0 spiro atoms. The molecule has 29 heavy (non-hydrogen) atoms. The van der Waals surface area contributed by atoms with E-state index in [2.05, 4.69) is 27.9 Å². The first-order valence-electron chi connectivity index (χ1n) is 9.39. The molecular weight excluding hydrogens is 386 g/mol. The molecule has 4 aromatic rings. The SMILES string of the molecule is O=c1ccn(CCCNCc2cn(-c3ccccc3)nc2-c2cccs2)c(=O)[nH]1. The van der Waals surface area contributed by atoms with Gasteiger partial charge in [0.25, 0.3) is 5.56 Å². The largest absolute Gasteiger partial charge is 0.328 e. The van der Waals surface area contributed by atoms with Gasteiger partial charge in [0.05, 0.1) is 10.6 Å². The number of aryl methyl sites for hydroxylation is 1. The Morgan fingerprint density at radius 1 is 1.07 bits per heavy atom. The number of nitrogens with zero attached hydrogens (tertiary/aromatic N) is 3. The summed E-state index contributed by atoms with van der Waals surface area (Å²) in [6.07, 6.45) is 4.36. The van der Waals surface area contributed by atoms with Gasteiger partial charge in [-0.05, 0) is 36.5 Å². The third-order valence-electron chi connectivity index (χ3n) is 4.53. The second-order valence-corrected chi connectivity index (χ2v) is 7.54. The molecule has 0 amide bonds. The number of nitrogens with one attached hydrogen (secondary N) is 2. The molecule has 148 valence electrons. The molecule has 4 rings (SSSR count). The van der Waals surface area contributed by atoms with Gasteiger partial charge >= 0.3 is 5.69 Å². The molecular formula is C21H21N5O2S. The number of hydrogen-bond acceptors (Lipinski definition) is 5. The van der Waals surface area contributed by atoms with Crippen molar-refractivity contribution in [2.24, 2.45) is 0 Å². The van der Waals surface area contributed by atoms with Crippen LogP contribution in [0.25, 0.3) is 16.3 Å². The quantitative estimate of drug-likeness (QED) is 0.440. The van der Waals surface area contributed by atoms with Crippen LogP contribution in [0.4, 0.5) is 0 Å². The maximum Gasteiger partial charge on any atom is 0.328 e. The first-order valence-corrected chi connectivity index (χ1v) is 10.3. The van der Waals surface area contributed by atoms with Gasteiger partial charge in [0, 0.05) is 37.1 Å². The summed E-state index contributed by atoms with van der Waals surface area (Å²) in [5.41, 5.74) is 2.38. The predicted molar refractivity (Wildman–Crippen MR) is 115 cm³/mol. The van der Waals surface area contributed by atoms with Crippen LogP contribution in [0.3, 0.4) is 0 Å². The van der Waals surface area contributed by atoms with Crippen LogP contribution in [0.1, 0.15) is 12.0 Å². The Bertz CT molecular complexity index is 1180. The van der Waals surface area contributed by atoms with Gasteiger partial charge in [-0.3, -0.25) is 9.78 Å². The van der Waals surface area contributed by atoms with E-state index in [-0.39, 0.29) is 11.2 Å². The predicted octanol–water partition coefficient (Wildman–Crippen LogP) is 2.63. The van der Waals surface area contributed by atoms with Crippen molar-refractivity contribution in [2.45, 2.75) is 19.5 Å². The topological polar surface area (TPSA) is 84.7 Å². The summed E-state index contributed by atoms with van der Waals surface area (Å²) in [5.74, 6) is 0. The molecule has 2 N–H and O–H groups in total. The van der Waals surface area contributed by atoms with Crippen LogP contribution in [0.5, 0.6) is 0 Å². The summed E-state index contributed by atoms with van der Waals surface area (Å²) in [6, 6.07) is 15.5. The first-order chi connectivity index (χ1) is 14.2. The zero-order valence-corrected chi connectivity index (χ0v) is 16.6. The minimum Gasteiger partial charge on any atom is -0.312 e. The van der Waals surface area contributed by atoms with E-state index in [0.717, 1.165) is 34.8 Å². The van der Waals surface area contributed by atoms with Crippen LogP contribution in [0, 0.1) is 0 Å². The van der Waals surface area contributed by atoms with E-state index in [1.54, 1.807) is 11.3 Å². The summed E-state index contributed by atoms with van der Waals surface area (Å²) in [6.45, 7) is 1.97. The Balaban J connectivity index is 1.42. The van der Waals surface area contributed by atoms with Crippen LogP contribution in [-0.2, 0) is 13.1 Å². The van der Waals surface area contributed by atoms with Crippen molar-refractivity contribution in [3.63, 3.8) is 0 Å². The summed E-state index contributed by atoms with van der Waals surface area (Å²) in [7, 11) is 0. The van der Waals surface area contributed by atoms with Gasteiger partial charge in [0.1, 0.15) is 5.69 Å². The molecule has 0 radical (unpaired) electrons. The fourth-order valence-corrected chi connectivity index (χ4v) is 3.83. The normalized spacial score (nSPS) is 11.0. The summed E-state index contributed by atoms with van der Waals surface area (Å²) < 4.78 is 3.42. The van der Waals surface area contributed by atoms with Crippen molar-refractivity contribution >= 4 is 11.3 Å². The molecule has 0 bridgehead atoms. The lowest BCUT2D eigenvalue weighted by Gasteiger charge is -2.06. The molecule has 0 saturated carbocycles. The minimum absolute atomic E-state index is 0.374. The van der Waals surface area contributed by atoms with Gasteiger partial charge in [-0.1, -0.05) is 24.3 Å². The van der Waals surface area contributed by atoms with E-state index < -0.39 is 0 Å². The van der Waals surface area contributed by atoms with Crippen molar-refractivity contribution < 1.29 is 0 Å². The van der Waals surface area contributed by atoms with E-state index in [9.17, 15) is 9.59 Å². The number of benzene rings is 1. The zero-order chi connectivity index (χ0) is 20.1. The molecule has 0 aliphatic carbocycles. The maximum absolute atomic E-state index is 11.7. The molecule has 0 aliphatic rings. The Morgan fingerprint density at radius 2 is 1.93 bits per heavy atom. The van der Waals surface area contributed by atoms with Crippen LogP contribution in [0.2, 0.25) is 0 Å². The number of rotatable bonds is 8. The molecule has 0 atom stereocenters. The van der Waals surface area contributed by atoms with Crippen LogP contribution < -0.4 is 16.6 Å². The molecule has 0 saturated heterocycles. The molecule has 3 aromatic heterocycles. The smallest absolute Gasteiger partial charge is 0.312 e. The van der Waals surface area contributed by atoms with Gasteiger partial charge in [-0.2, -0.15) is 5.10 Å². The summed E-state index contributed by atoms with van der Waals surface area (Å²) in [5, 5.41) is 10.3. The standard InChI is InChI=1S/C21H21N5O2S/c27-19-9-12-25(21(28)23-19)11-5-10-22-14-16-15-26(17-6-2-1-3-7-17)24-20(16)18-8-4-13-29-18/h1-4,6-9,12-13,15,22H,5,10-11,14H2,(H,23,27,28). The first kappa shape index (κ1) is 19.1. The molecule has 7 nitrogen and oxygen atoms in total. The molecule has 1 aromatic carbocycles. The second kappa shape index (κ2) is 8.85. The molecule has 0 aliphatic heterocycles. The average Bonchev–Trinajstić information content (AvgIpc) is 3.39. The van der Waals surface area contributed by atoms with E-state index in [4.69, 9.17) is 5.10 Å². The fraction of sp³-hybridized carbons (Fsp3) is 0.190. The van der Waals surface area contributed by atoms with Crippen LogP contribution in [-0.4, -0.2) is 25.9 Å². The van der Waals surface area contributed by atoms with Crippen molar-refractivity contribution in [1.29, 1.82) is 0 Å². The third-order valence-corrected chi connectivity index (χ3v) is 5.41. The summed E-state index contributed by atoms with van der Waals surface area (Å²) >= 11 is 1.67. The highest BCUT2D eigenvalue weighted by atomic mass is 32.1. The number of aromatic amines is 1. The summed E-state index contributed by atoms with van der Waals surface area (Å²) in [4.78, 5) is 26.2. The van der Waals surface area contributed by atoms with Gasteiger partial charge < -0.3 is 9.88 Å². The van der Waals surface area contributed by atoms with Crippen molar-refractivity contribution in [1.82, 2.24) is 24.6 Å². The Kier molecular flexibility index (Phi) is 5.83. The van der Waals surface area contributed by atoms with Gasteiger partial charge in [0.2, 0.25) is 0 Å². The minimum atomic E-state index is -0.374. The van der Waals surface area contributed by atoms with E-state index >= 15 is 0 Å². The number of para-hydroxylation sites is 1. The molecule has 0 unspecified atom stereocenters. The van der Waals surface area contributed by atoms with Crippen molar-refractivity contribution in [3.05, 3.63) is 92.7 Å². The Hall–Kier alpha value is -3.23. The van der Waals surface area contributed by atoms with E-state index in [1.807, 2.05) is 41.1 Å². The zero-order valence-electron chi connectivity index (χ0n) is 15.7. The third kappa shape index (κ3) is 4.61. The van der Waals surface area contributed by atoms with Crippen molar-refractivity contribution in [3.8, 4) is 16.3 Å². The van der Waals surface area contributed by atoms with Crippen LogP contribution >= 0.6 is 11.3 Å². The second-order valence-electron chi connectivity index (χ2n) is 6.59. The van der Waals surface area contributed by atoms with Gasteiger partial charge in [-0.25, -0.2) is 9.48 Å². The fourth-order valence-electron chi connectivity index (χ4n) is 3.09. The van der Waals surface area contributed by atoms with E-state index in [1.165, 1.54) is 16.8 Å². The maximum atomic E-state index is 11.7. The highest BCUT2D eigenvalue weighted by molar-refractivity contribution is 7.13. The lowest BCUT2D eigenvalue weighted by molar-refractivity contribution is 0.561.